The SMILES string of the molecule is CNC(=O)Cc1ccc(NC(=O)Cn2ncc3ccccc3c2=O)cc1. The lowest BCUT2D eigenvalue weighted by Crippen LogP contribution is -2.29. The Bertz CT molecular complexity index is 1010. The summed E-state index contributed by atoms with van der Waals surface area (Å²) < 4.78 is 1.14. The molecule has 1 aromatic heterocycles. The molecule has 0 saturated heterocycles. The van der Waals surface area contributed by atoms with E-state index in [-0.39, 0.29) is 30.3 Å². The Hall–Kier alpha value is -3.48. The van der Waals surface area contributed by atoms with E-state index < -0.39 is 0 Å². The highest BCUT2D eigenvalue weighted by atomic mass is 16.2. The number of nitrogens with zero attached hydrogens (tertiary/aromatic N) is 2. The van der Waals surface area contributed by atoms with Crippen molar-refractivity contribution in [3.8, 4) is 0 Å². The van der Waals surface area contributed by atoms with Gasteiger partial charge in [-0.15, -0.1) is 0 Å². The fourth-order valence-electron chi connectivity index (χ4n) is 2.56. The second-order valence-corrected chi connectivity index (χ2v) is 5.79. The molecule has 3 rings (SSSR count). The van der Waals surface area contributed by atoms with Gasteiger partial charge in [0.15, 0.2) is 0 Å². The molecule has 2 N–H and O–H groups in total. The van der Waals surface area contributed by atoms with Crippen LogP contribution in [0.5, 0.6) is 0 Å². The number of rotatable bonds is 5. The summed E-state index contributed by atoms with van der Waals surface area (Å²) in [6, 6.07) is 14.1. The quantitative estimate of drug-likeness (QED) is 0.726. The predicted octanol–water partition coefficient (Wildman–Crippen LogP) is 1.32. The molecule has 7 heteroatoms. The third-order valence-electron chi connectivity index (χ3n) is 3.94. The molecule has 0 aliphatic carbocycles. The number of hydrogen-bond donors (Lipinski definition) is 2. The summed E-state index contributed by atoms with van der Waals surface area (Å²) in [7, 11) is 1.58. The number of aromatic nitrogens is 2. The average molecular weight is 350 g/mol. The Morgan fingerprint density at radius 3 is 2.50 bits per heavy atom. The number of hydrogen-bond acceptors (Lipinski definition) is 4. The van der Waals surface area contributed by atoms with Crippen LogP contribution in [-0.2, 0) is 22.6 Å². The summed E-state index contributed by atoms with van der Waals surface area (Å²) in [5.74, 6) is -0.433. The molecule has 2 amide bonds. The molecule has 132 valence electrons. The first-order valence-electron chi connectivity index (χ1n) is 8.11. The van der Waals surface area contributed by atoms with Crippen molar-refractivity contribution in [1.82, 2.24) is 15.1 Å². The maximum atomic E-state index is 12.4. The largest absolute Gasteiger partial charge is 0.359 e. The number of benzene rings is 2. The van der Waals surface area contributed by atoms with Gasteiger partial charge >= 0.3 is 0 Å². The van der Waals surface area contributed by atoms with Crippen LogP contribution in [0, 0.1) is 0 Å². The zero-order valence-electron chi connectivity index (χ0n) is 14.2. The lowest BCUT2D eigenvalue weighted by atomic mass is 10.1. The van der Waals surface area contributed by atoms with Crippen molar-refractivity contribution in [2.24, 2.45) is 0 Å². The highest BCUT2D eigenvalue weighted by molar-refractivity contribution is 5.90. The molecule has 3 aromatic rings. The summed E-state index contributed by atoms with van der Waals surface area (Å²) in [5.41, 5.74) is 1.12. The Balaban J connectivity index is 1.68. The Kier molecular flexibility index (Phi) is 5.07. The first kappa shape index (κ1) is 17.3. The van der Waals surface area contributed by atoms with Crippen LogP contribution in [0.1, 0.15) is 5.56 Å². The minimum Gasteiger partial charge on any atom is -0.359 e. The van der Waals surface area contributed by atoms with Crippen LogP contribution in [-0.4, -0.2) is 28.6 Å². The molecule has 0 bridgehead atoms. The molecule has 0 atom stereocenters. The van der Waals surface area contributed by atoms with Gasteiger partial charge in [0.1, 0.15) is 6.54 Å². The predicted molar refractivity (Wildman–Crippen MR) is 98.8 cm³/mol. The third-order valence-corrected chi connectivity index (χ3v) is 3.94. The first-order chi connectivity index (χ1) is 12.6. The average Bonchev–Trinajstić information content (AvgIpc) is 2.65. The molecule has 0 aliphatic rings. The number of likely N-dealkylation sites (N-methyl/N-ethyl adjacent to an activating group) is 1. The summed E-state index contributed by atoms with van der Waals surface area (Å²) in [5, 5.41) is 10.6. The number of carbonyl (C=O) groups excluding carboxylic acids is 2. The van der Waals surface area contributed by atoms with E-state index in [0.717, 1.165) is 15.6 Å². The van der Waals surface area contributed by atoms with E-state index >= 15 is 0 Å². The number of nitrogens with one attached hydrogen (secondary N) is 2. The van der Waals surface area contributed by atoms with Gasteiger partial charge in [0.05, 0.1) is 18.0 Å². The zero-order chi connectivity index (χ0) is 18.5. The van der Waals surface area contributed by atoms with E-state index in [2.05, 4.69) is 15.7 Å². The molecule has 0 saturated carbocycles. The van der Waals surface area contributed by atoms with E-state index in [1.54, 1.807) is 55.7 Å². The van der Waals surface area contributed by atoms with Crippen LogP contribution in [0.3, 0.4) is 0 Å². The lowest BCUT2D eigenvalue weighted by Gasteiger charge is -2.08. The second-order valence-electron chi connectivity index (χ2n) is 5.79. The van der Waals surface area contributed by atoms with Crippen molar-refractivity contribution in [2.75, 3.05) is 12.4 Å². The molecule has 0 spiro atoms. The van der Waals surface area contributed by atoms with Gasteiger partial charge < -0.3 is 10.6 Å². The Morgan fingerprint density at radius 2 is 1.77 bits per heavy atom. The van der Waals surface area contributed by atoms with E-state index in [1.807, 2.05) is 6.07 Å². The summed E-state index contributed by atoms with van der Waals surface area (Å²) >= 11 is 0. The highest BCUT2D eigenvalue weighted by Gasteiger charge is 2.09. The monoisotopic (exact) mass is 350 g/mol. The second kappa shape index (κ2) is 7.60. The van der Waals surface area contributed by atoms with Crippen molar-refractivity contribution in [3.63, 3.8) is 0 Å². The highest BCUT2D eigenvalue weighted by Crippen LogP contribution is 2.10. The molecule has 2 aromatic carbocycles. The van der Waals surface area contributed by atoms with Gasteiger partial charge in [-0.2, -0.15) is 5.10 Å². The van der Waals surface area contributed by atoms with Crippen molar-refractivity contribution in [2.45, 2.75) is 13.0 Å². The van der Waals surface area contributed by atoms with Crippen LogP contribution in [0.4, 0.5) is 5.69 Å². The number of fused-ring (bicyclic) bond motifs is 1. The van der Waals surface area contributed by atoms with Crippen LogP contribution in [0.2, 0.25) is 0 Å². The van der Waals surface area contributed by atoms with E-state index in [1.165, 1.54) is 0 Å². The maximum Gasteiger partial charge on any atom is 0.275 e. The van der Waals surface area contributed by atoms with Gasteiger partial charge in [-0.25, -0.2) is 4.68 Å². The van der Waals surface area contributed by atoms with Crippen LogP contribution >= 0.6 is 0 Å². The van der Waals surface area contributed by atoms with Gasteiger partial charge in [0, 0.05) is 18.1 Å². The fraction of sp³-hybridized carbons (Fsp3) is 0.158. The number of anilines is 1. The minimum atomic E-state index is -0.353. The smallest absolute Gasteiger partial charge is 0.275 e. The van der Waals surface area contributed by atoms with Crippen molar-refractivity contribution >= 4 is 28.3 Å². The van der Waals surface area contributed by atoms with Gasteiger partial charge in [0.25, 0.3) is 5.56 Å². The van der Waals surface area contributed by atoms with Crippen molar-refractivity contribution in [3.05, 3.63) is 70.6 Å². The van der Waals surface area contributed by atoms with Gasteiger partial charge in [0.2, 0.25) is 11.8 Å². The number of carbonyl (C=O) groups is 2. The van der Waals surface area contributed by atoms with Gasteiger partial charge in [-0.1, -0.05) is 30.3 Å². The lowest BCUT2D eigenvalue weighted by molar-refractivity contribution is -0.120. The molecule has 0 fully saturated rings. The minimum absolute atomic E-state index is 0.0801. The standard InChI is InChI=1S/C19H18N4O3/c1-20-17(24)10-13-6-8-15(9-7-13)22-18(25)12-23-19(26)16-5-3-2-4-14(16)11-21-23/h2-9,11H,10,12H2,1H3,(H,20,24)(H,22,25). The van der Waals surface area contributed by atoms with E-state index in [9.17, 15) is 14.4 Å². The molecule has 0 unspecified atom stereocenters. The zero-order valence-corrected chi connectivity index (χ0v) is 14.2. The van der Waals surface area contributed by atoms with E-state index in [0.29, 0.717) is 11.1 Å². The number of amides is 2. The normalized spacial score (nSPS) is 10.5. The molecule has 7 nitrogen and oxygen atoms in total. The Morgan fingerprint density at radius 1 is 1.04 bits per heavy atom. The summed E-state index contributed by atoms with van der Waals surface area (Å²) in [6.45, 7) is -0.177. The fourth-order valence-corrected chi connectivity index (χ4v) is 2.56. The topological polar surface area (TPSA) is 93.1 Å². The van der Waals surface area contributed by atoms with Crippen molar-refractivity contribution in [1.29, 1.82) is 0 Å². The summed E-state index contributed by atoms with van der Waals surface area (Å²) in [4.78, 5) is 35.9. The molecule has 26 heavy (non-hydrogen) atoms. The van der Waals surface area contributed by atoms with Gasteiger partial charge in [-0.3, -0.25) is 14.4 Å². The van der Waals surface area contributed by atoms with Crippen molar-refractivity contribution < 1.29 is 9.59 Å². The van der Waals surface area contributed by atoms with Crippen LogP contribution < -0.4 is 16.2 Å². The molecule has 1 heterocycles. The Labute approximate surface area is 149 Å². The molecular formula is C19H18N4O3. The van der Waals surface area contributed by atoms with Crippen LogP contribution in [0.15, 0.2) is 59.5 Å². The molecule has 0 aliphatic heterocycles. The molecular weight excluding hydrogens is 332 g/mol. The molecule has 0 radical (unpaired) electrons. The van der Waals surface area contributed by atoms with E-state index in [4.69, 9.17) is 0 Å². The third kappa shape index (κ3) is 3.94. The van der Waals surface area contributed by atoms with Crippen LogP contribution in [0.25, 0.3) is 10.8 Å². The maximum absolute atomic E-state index is 12.4. The summed E-state index contributed by atoms with van der Waals surface area (Å²) in [6.07, 6.45) is 1.85. The first-order valence-corrected chi connectivity index (χ1v) is 8.11. The van der Waals surface area contributed by atoms with Gasteiger partial charge in [-0.05, 0) is 23.8 Å².